The second-order valence-electron chi connectivity index (χ2n) is 8.85. The van der Waals surface area contributed by atoms with Crippen molar-refractivity contribution < 1.29 is 24.2 Å². The zero-order chi connectivity index (χ0) is 23.8. The van der Waals surface area contributed by atoms with Crippen LogP contribution >= 0.6 is 0 Å². The Morgan fingerprint density at radius 2 is 1.81 bits per heavy atom. The summed E-state index contributed by atoms with van der Waals surface area (Å²) in [5, 5.41) is 15.4. The summed E-state index contributed by atoms with van der Waals surface area (Å²) in [5.41, 5.74) is -0.214. The molecule has 8 heteroatoms. The van der Waals surface area contributed by atoms with Crippen LogP contribution in [0.3, 0.4) is 0 Å². The Balaban J connectivity index is 3.21. The third-order valence-electron chi connectivity index (χ3n) is 4.46. The molecular weight excluding hydrogens is 398 g/mol. The molecule has 0 aliphatic carbocycles. The van der Waals surface area contributed by atoms with E-state index in [0.29, 0.717) is 12.1 Å². The zero-order valence-electron chi connectivity index (χ0n) is 19.7. The molecule has 0 radical (unpaired) electrons. The molecule has 8 nitrogen and oxygen atoms in total. The number of benzene rings is 1. The quantitative estimate of drug-likeness (QED) is 0.515. The molecule has 1 rings (SSSR count). The first kappa shape index (κ1) is 26.3. The predicted octanol–water partition coefficient (Wildman–Crippen LogP) is 3.50. The van der Waals surface area contributed by atoms with E-state index in [0.717, 1.165) is 12.8 Å². The van der Waals surface area contributed by atoms with Crippen LogP contribution in [-0.4, -0.2) is 52.1 Å². The van der Waals surface area contributed by atoms with Gasteiger partial charge in [0, 0.05) is 12.6 Å². The fourth-order valence-corrected chi connectivity index (χ4v) is 3.07. The molecule has 0 aliphatic rings. The van der Waals surface area contributed by atoms with Gasteiger partial charge in [0.15, 0.2) is 0 Å². The average Bonchev–Trinajstić information content (AvgIpc) is 2.63. The lowest BCUT2D eigenvalue weighted by atomic mass is 10.0. The Labute approximate surface area is 185 Å². The number of amides is 3. The van der Waals surface area contributed by atoms with E-state index < -0.39 is 29.7 Å². The lowest BCUT2D eigenvalue weighted by Gasteiger charge is -2.36. The van der Waals surface area contributed by atoms with E-state index >= 15 is 0 Å². The molecule has 0 aromatic heterocycles. The minimum atomic E-state index is -0.959. The van der Waals surface area contributed by atoms with Gasteiger partial charge in [-0.05, 0) is 65.7 Å². The number of unbranched alkanes of at least 4 members (excludes halogenated alkanes) is 1. The van der Waals surface area contributed by atoms with Crippen molar-refractivity contribution in [3.8, 4) is 5.75 Å². The van der Waals surface area contributed by atoms with Gasteiger partial charge in [0.1, 0.15) is 23.4 Å². The number of phenols is 1. The summed E-state index contributed by atoms with van der Waals surface area (Å²) in [6.45, 7) is 12.9. The van der Waals surface area contributed by atoms with Crippen LogP contribution in [-0.2, 0) is 14.3 Å². The molecule has 0 fully saturated rings. The topological polar surface area (TPSA) is 108 Å². The van der Waals surface area contributed by atoms with Gasteiger partial charge < -0.3 is 25.4 Å². The number of phenolic OH excluding ortho intramolecular Hbond substituents is 1. The third-order valence-corrected chi connectivity index (χ3v) is 4.46. The molecule has 2 atom stereocenters. The van der Waals surface area contributed by atoms with Gasteiger partial charge in [-0.2, -0.15) is 0 Å². The number of carbonyl (C=O) groups excluding carboxylic acids is 3. The van der Waals surface area contributed by atoms with Crippen molar-refractivity contribution in [3.05, 3.63) is 29.8 Å². The molecule has 0 spiro atoms. The van der Waals surface area contributed by atoms with E-state index in [4.69, 9.17) is 4.74 Å². The second-order valence-corrected chi connectivity index (χ2v) is 8.85. The van der Waals surface area contributed by atoms with Crippen LogP contribution in [0.5, 0.6) is 5.75 Å². The zero-order valence-corrected chi connectivity index (χ0v) is 19.7. The van der Waals surface area contributed by atoms with Crippen LogP contribution in [0, 0.1) is 0 Å². The Hall–Kier alpha value is -2.77. The number of nitrogens with zero attached hydrogens (tertiary/aromatic N) is 1. The third kappa shape index (κ3) is 8.47. The molecular formula is C23H37N3O5. The van der Waals surface area contributed by atoms with Crippen LogP contribution in [0.15, 0.2) is 24.3 Å². The summed E-state index contributed by atoms with van der Waals surface area (Å²) < 4.78 is 5.24. The van der Waals surface area contributed by atoms with Crippen molar-refractivity contribution in [2.45, 2.75) is 85.0 Å². The van der Waals surface area contributed by atoms with Crippen LogP contribution in [0.2, 0.25) is 0 Å². The molecule has 1 aromatic carbocycles. The van der Waals surface area contributed by atoms with Gasteiger partial charge in [0.2, 0.25) is 11.8 Å². The van der Waals surface area contributed by atoms with Crippen molar-refractivity contribution in [2.24, 2.45) is 0 Å². The highest BCUT2D eigenvalue weighted by atomic mass is 16.6. The Morgan fingerprint density at radius 1 is 1.16 bits per heavy atom. The number of rotatable bonds is 9. The van der Waals surface area contributed by atoms with Gasteiger partial charge in [-0.3, -0.25) is 9.59 Å². The number of hydrogen-bond donors (Lipinski definition) is 3. The van der Waals surface area contributed by atoms with E-state index in [9.17, 15) is 19.5 Å². The Morgan fingerprint density at radius 3 is 2.32 bits per heavy atom. The molecule has 0 saturated heterocycles. The number of carbonyl (C=O) groups is 3. The summed E-state index contributed by atoms with van der Waals surface area (Å²) in [5.74, 6) is -0.773. The lowest BCUT2D eigenvalue weighted by molar-refractivity contribution is -0.144. The van der Waals surface area contributed by atoms with Crippen molar-refractivity contribution in [1.29, 1.82) is 0 Å². The first-order valence-corrected chi connectivity index (χ1v) is 10.8. The Kier molecular flexibility index (Phi) is 9.81. The highest BCUT2D eigenvalue weighted by molar-refractivity contribution is 5.92. The highest BCUT2D eigenvalue weighted by Crippen LogP contribution is 2.27. The molecule has 2 unspecified atom stereocenters. The van der Waals surface area contributed by atoms with Crippen LogP contribution in [0.25, 0.3) is 0 Å². The Bertz CT molecular complexity index is 758. The molecule has 0 aliphatic heterocycles. The SMILES string of the molecule is CCCCNC(=O)C(c1cccc(O)c1)N(C(=O)C(C)NC(=O)OC(C)(C)C)C(C)C. The van der Waals surface area contributed by atoms with Gasteiger partial charge in [0.25, 0.3) is 0 Å². The number of alkyl carbamates (subject to hydrolysis) is 1. The van der Waals surface area contributed by atoms with E-state index in [1.165, 1.54) is 17.0 Å². The number of nitrogens with one attached hydrogen (secondary N) is 2. The van der Waals surface area contributed by atoms with Gasteiger partial charge >= 0.3 is 6.09 Å². The second kappa shape index (κ2) is 11.6. The number of hydrogen-bond acceptors (Lipinski definition) is 5. The monoisotopic (exact) mass is 435 g/mol. The predicted molar refractivity (Wildman–Crippen MR) is 120 cm³/mol. The summed E-state index contributed by atoms with van der Waals surface area (Å²) in [6, 6.07) is 4.07. The molecule has 0 saturated carbocycles. The fraction of sp³-hybridized carbons (Fsp3) is 0.609. The summed E-state index contributed by atoms with van der Waals surface area (Å²) >= 11 is 0. The van der Waals surface area contributed by atoms with E-state index in [2.05, 4.69) is 10.6 Å². The van der Waals surface area contributed by atoms with E-state index in [-0.39, 0.29) is 17.7 Å². The maximum absolute atomic E-state index is 13.3. The minimum Gasteiger partial charge on any atom is -0.508 e. The lowest BCUT2D eigenvalue weighted by Crippen LogP contribution is -2.54. The van der Waals surface area contributed by atoms with Crippen molar-refractivity contribution in [1.82, 2.24) is 15.5 Å². The molecule has 3 N–H and O–H groups in total. The maximum Gasteiger partial charge on any atom is 0.408 e. The van der Waals surface area contributed by atoms with Crippen molar-refractivity contribution in [2.75, 3.05) is 6.54 Å². The van der Waals surface area contributed by atoms with Crippen LogP contribution in [0.1, 0.15) is 72.9 Å². The maximum atomic E-state index is 13.3. The average molecular weight is 436 g/mol. The largest absolute Gasteiger partial charge is 0.508 e. The van der Waals surface area contributed by atoms with E-state index in [1.54, 1.807) is 53.7 Å². The summed E-state index contributed by atoms with van der Waals surface area (Å²) in [7, 11) is 0. The smallest absolute Gasteiger partial charge is 0.408 e. The minimum absolute atomic E-state index is 0.0000539. The summed E-state index contributed by atoms with van der Waals surface area (Å²) in [6.07, 6.45) is 1.02. The highest BCUT2D eigenvalue weighted by Gasteiger charge is 2.36. The van der Waals surface area contributed by atoms with Gasteiger partial charge in [-0.1, -0.05) is 25.5 Å². The molecule has 0 bridgehead atoms. The first-order chi connectivity index (χ1) is 14.4. The van der Waals surface area contributed by atoms with Crippen molar-refractivity contribution >= 4 is 17.9 Å². The molecule has 3 amide bonds. The fourth-order valence-electron chi connectivity index (χ4n) is 3.07. The van der Waals surface area contributed by atoms with Crippen LogP contribution < -0.4 is 10.6 Å². The standard InChI is InChI=1S/C23H37N3O5/c1-8-9-13-24-20(28)19(17-11-10-12-18(27)14-17)26(15(2)3)21(29)16(4)25-22(30)31-23(5,6)7/h10-12,14-16,19,27H,8-9,13H2,1-7H3,(H,24,28)(H,25,30). The van der Waals surface area contributed by atoms with Gasteiger partial charge in [0.05, 0.1) is 0 Å². The van der Waals surface area contributed by atoms with E-state index in [1.807, 2.05) is 6.92 Å². The molecule has 1 aromatic rings. The van der Waals surface area contributed by atoms with Crippen LogP contribution in [0.4, 0.5) is 4.79 Å². The molecule has 0 heterocycles. The van der Waals surface area contributed by atoms with Gasteiger partial charge in [-0.25, -0.2) is 4.79 Å². The normalized spacial score (nSPS) is 13.3. The molecule has 174 valence electrons. The van der Waals surface area contributed by atoms with Crippen molar-refractivity contribution in [3.63, 3.8) is 0 Å². The summed E-state index contributed by atoms with van der Waals surface area (Å²) in [4.78, 5) is 40.0. The number of ether oxygens (including phenoxy) is 1. The molecule has 31 heavy (non-hydrogen) atoms. The van der Waals surface area contributed by atoms with Gasteiger partial charge in [-0.15, -0.1) is 0 Å². The number of aromatic hydroxyl groups is 1. The first-order valence-electron chi connectivity index (χ1n) is 10.8.